The molecule has 0 unspecified atom stereocenters. The van der Waals surface area contributed by atoms with Crippen molar-refractivity contribution in [2.75, 3.05) is 19.1 Å². The molecule has 2 amide bonds. The molecule has 0 saturated heterocycles. The van der Waals surface area contributed by atoms with Crippen LogP contribution in [0.1, 0.15) is 0 Å². The van der Waals surface area contributed by atoms with Gasteiger partial charge in [0.25, 0.3) is 0 Å². The van der Waals surface area contributed by atoms with E-state index in [2.05, 4.69) is 4.98 Å². The molecule has 70 valence electrons. The minimum atomic E-state index is -0.550. The molecule has 0 spiro atoms. The summed E-state index contributed by atoms with van der Waals surface area (Å²) in [6, 6.07) is 2.86. The first-order valence-electron chi connectivity index (χ1n) is 3.69. The molecule has 0 saturated carbocycles. The van der Waals surface area contributed by atoms with Gasteiger partial charge in [-0.05, 0) is 12.1 Å². The molecule has 2 N–H and O–H groups in total. The summed E-state index contributed by atoms with van der Waals surface area (Å²) >= 11 is 0. The number of carbonyl (C=O) groups is 1. The largest absolute Gasteiger partial charge is 0.480 e. The SMILES string of the molecule is COc1ncccc1N(C)C(N)=O. The van der Waals surface area contributed by atoms with Crippen LogP contribution in [0.2, 0.25) is 0 Å². The molecule has 0 aliphatic carbocycles. The summed E-state index contributed by atoms with van der Waals surface area (Å²) in [5, 5.41) is 0. The second-order valence-electron chi connectivity index (χ2n) is 2.43. The van der Waals surface area contributed by atoms with Gasteiger partial charge in [-0.3, -0.25) is 4.90 Å². The average Bonchev–Trinajstić information content (AvgIpc) is 2.16. The highest BCUT2D eigenvalue weighted by molar-refractivity contribution is 5.91. The van der Waals surface area contributed by atoms with Gasteiger partial charge in [0.15, 0.2) is 0 Å². The molecular weight excluding hydrogens is 170 g/mol. The molecular formula is C8H11N3O2. The Balaban J connectivity index is 3.05. The number of anilines is 1. The number of rotatable bonds is 2. The van der Waals surface area contributed by atoms with Crippen LogP contribution in [-0.4, -0.2) is 25.2 Å². The van der Waals surface area contributed by atoms with E-state index in [1.54, 1.807) is 25.4 Å². The normalized spacial score (nSPS) is 9.38. The molecule has 0 aliphatic rings. The Labute approximate surface area is 76.1 Å². The molecule has 1 aromatic rings. The molecule has 0 radical (unpaired) electrons. The Bertz CT molecular complexity index is 314. The number of carbonyl (C=O) groups excluding carboxylic acids is 1. The van der Waals surface area contributed by atoms with Gasteiger partial charge < -0.3 is 10.5 Å². The third-order valence-electron chi connectivity index (χ3n) is 1.64. The number of nitrogens with zero attached hydrogens (tertiary/aromatic N) is 2. The van der Waals surface area contributed by atoms with Crippen LogP contribution in [0.15, 0.2) is 18.3 Å². The van der Waals surface area contributed by atoms with Gasteiger partial charge in [0, 0.05) is 13.2 Å². The third-order valence-corrected chi connectivity index (χ3v) is 1.64. The Morgan fingerprint density at radius 3 is 2.92 bits per heavy atom. The molecule has 0 fully saturated rings. The molecule has 5 nitrogen and oxygen atoms in total. The summed E-state index contributed by atoms with van der Waals surface area (Å²) in [5.41, 5.74) is 5.65. The van der Waals surface area contributed by atoms with Crippen LogP contribution in [0.3, 0.4) is 0 Å². The number of pyridine rings is 1. The number of hydrogen-bond acceptors (Lipinski definition) is 3. The minimum Gasteiger partial charge on any atom is -0.480 e. The number of nitrogens with two attached hydrogens (primary N) is 1. The summed E-state index contributed by atoms with van der Waals surface area (Å²) in [5.74, 6) is 0.379. The highest BCUT2D eigenvalue weighted by atomic mass is 16.5. The topological polar surface area (TPSA) is 68.4 Å². The highest BCUT2D eigenvalue weighted by Crippen LogP contribution is 2.23. The summed E-state index contributed by atoms with van der Waals surface area (Å²) in [7, 11) is 3.04. The average molecular weight is 181 g/mol. The van der Waals surface area contributed by atoms with Gasteiger partial charge in [0.1, 0.15) is 5.69 Å². The Kier molecular flexibility index (Phi) is 2.69. The lowest BCUT2D eigenvalue weighted by atomic mass is 10.4. The number of amides is 2. The van der Waals surface area contributed by atoms with Crippen molar-refractivity contribution in [2.24, 2.45) is 5.73 Å². The van der Waals surface area contributed by atoms with Crippen LogP contribution in [-0.2, 0) is 0 Å². The number of ether oxygens (including phenoxy) is 1. The number of aromatic nitrogens is 1. The number of urea groups is 1. The lowest BCUT2D eigenvalue weighted by Crippen LogP contribution is -2.32. The summed E-state index contributed by atoms with van der Waals surface area (Å²) in [4.78, 5) is 16.0. The first kappa shape index (κ1) is 9.31. The van der Waals surface area contributed by atoms with Crippen molar-refractivity contribution in [2.45, 2.75) is 0 Å². The van der Waals surface area contributed by atoms with E-state index in [0.717, 1.165) is 0 Å². The molecule has 0 aliphatic heterocycles. The van der Waals surface area contributed by atoms with Gasteiger partial charge in [-0.15, -0.1) is 0 Å². The van der Waals surface area contributed by atoms with E-state index in [9.17, 15) is 4.79 Å². The Hall–Kier alpha value is -1.78. The summed E-state index contributed by atoms with van der Waals surface area (Å²) in [6.07, 6.45) is 1.58. The molecule has 0 atom stereocenters. The van der Waals surface area contributed by atoms with Crippen LogP contribution in [0.5, 0.6) is 5.88 Å². The minimum absolute atomic E-state index is 0.379. The maximum atomic E-state index is 10.8. The van der Waals surface area contributed by atoms with E-state index in [4.69, 9.17) is 10.5 Å². The fourth-order valence-electron chi connectivity index (χ4n) is 0.914. The second-order valence-corrected chi connectivity index (χ2v) is 2.43. The monoisotopic (exact) mass is 181 g/mol. The van der Waals surface area contributed by atoms with Gasteiger partial charge in [-0.1, -0.05) is 0 Å². The van der Waals surface area contributed by atoms with Crippen molar-refractivity contribution < 1.29 is 9.53 Å². The number of methoxy groups -OCH3 is 1. The third kappa shape index (κ3) is 1.87. The van der Waals surface area contributed by atoms with E-state index in [1.165, 1.54) is 12.0 Å². The maximum Gasteiger partial charge on any atom is 0.319 e. The molecule has 1 heterocycles. The van der Waals surface area contributed by atoms with E-state index in [0.29, 0.717) is 11.6 Å². The number of hydrogen-bond donors (Lipinski definition) is 1. The quantitative estimate of drug-likeness (QED) is 0.726. The van der Waals surface area contributed by atoms with Crippen LogP contribution < -0.4 is 15.4 Å². The van der Waals surface area contributed by atoms with Crippen molar-refractivity contribution in [3.63, 3.8) is 0 Å². The lowest BCUT2D eigenvalue weighted by Gasteiger charge is -2.15. The zero-order chi connectivity index (χ0) is 9.84. The van der Waals surface area contributed by atoms with E-state index in [1.807, 2.05) is 0 Å². The van der Waals surface area contributed by atoms with Crippen LogP contribution in [0.25, 0.3) is 0 Å². The van der Waals surface area contributed by atoms with Gasteiger partial charge in [-0.25, -0.2) is 9.78 Å². The molecule has 1 rings (SSSR count). The maximum absolute atomic E-state index is 10.8. The first-order chi connectivity index (χ1) is 6.16. The van der Waals surface area contributed by atoms with Crippen molar-refractivity contribution >= 4 is 11.7 Å². The van der Waals surface area contributed by atoms with E-state index >= 15 is 0 Å². The highest BCUT2D eigenvalue weighted by Gasteiger charge is 2.11. The fraction of sp³-hybridized carbons (Fsp3) is 0.250. The van der Waals surface area contributed by atoms with E-state index in [-0.39, 0.29) is 0 Å². The van der Waals surface area contributed by atoms with Crippen molar-refractivity contribution in [3.8, 4) is 5.88 Å². The van der Waals surface area contributed by atoms with Gasteiger partial charge in [0.2, 0.25) is 5.88 Å². The molecule has 13 heavy (non-hydrogen) atoms. The van der Waals surface area contributed by atoms with E-state index < -0.39 is 6.03 Å². The Morgan fingerprint density at radius 2 is 2.38 bits per heavy atom. The zero-order valence-electron chi connectivity index (χ0n) is 7.52. The standard InChI is InChI=1S/C8H11N3O2/c1-11(8(9)12)6-4-3-5-10-7(6)13-2/h3-5H,1-2H3,(H2,9,12). The Morgan fingerprint density at radius 1 is 1.69 bits per heavy atom. The van der Waals surface area contributed by atoms with Gasteiger partial charge >= 0.3 is 6.03 Å². The second kappa shape index (κ2) is 3.75. The molecule has 5 heteroatoms. The zero-order valence-corrected chi connectivity index (χ0v) is 7.52. The number of primary amides is 1. The van der Waals surface area contributed by atoms with Crippen molar-refractivity contribution in [1.29, 1.82) is 0 Å². The van der Waals surface area contributed by atoms with Crippen LogP contribution >= 0.6 is 0 Å². The smallest absolute Gasteiger partial charge is 0.319 e. The lowest BCUT2D eigenvalue weighted by molar-refractivity contribution is 0.255. The molecule has 0 aromatic carbocycles. The van der Waals surface area contributed by atoms with Gasteiger partial charge in [0.05, 0.1) is 7.11 Å². The predicted molar refractivity (Wildman–Crippen MR) is 48.8 cm³/mol. The van der Waals surface area contributed by atoms with Crippen LogP contribution in [0.4, 0.5) is 10.5 Å². The molecule has 1 aromatic heterocycles. The first-order valence-corrected chi connectivity index (χ1v) is 3.69. The van der Waals surface area contributed by atoms with Crippen molar-refractivity contribution in [1.82, 2.24) is 4.98 Å². The van der Waals surface area contributed by atoms with Crippen molar-refractivity contribution in [3.05, 3.63) is 18.3 Å². The van der Waals surface area contributed by atoms with Crippen LogP contribution in [0, 0.1) is 0 Å². The fourth-order valence-corrected chi connectivity index (χ4v) is 0.914. The summed E-state index contributed by atoms with van der Waals surface area (Å²) in [6.45, 7) is 0. The van der Waals surface area contributed by atoms with Gasteiger partial charge in [-0.2, -0.15) is 0 Å². The summed E-state index contributed by atoms with van der Waals surface area (Å²) < 4.78 is 4.96. The predicted octanol–water partition coefficient (Wildman–Crippen LogP) is 0.605. The molecule has 0 bridgehead atoms.